The number of Topliss-reactive ketones (excluding diaryl/α,β-unsaturated/α-hetero) is 1. The summed E-state index contributed by atoms with van der Waals surface area (Å²) >= 11 is 0. The second kappa shape index (κ2) is 17.3. The average molecular weight is 517 g/mol. The molecule has 0 saturated heterocycles. The van der Waals surface area contributed by atoms with Crippen LogP contribution in [0, 0.1) is 0 Å². The zero-order valence-corrected chi connectivity index (χ0v) is 23.5. The fourth-order valence-electron chi connectivity index (χ4n) is 2.99. The molecular weight excluding hydrogens is 468 g/mol. The van der Waals surface area contributed by atoms with Crippen molar-refractivity contribution < 1.29 is 38.1 Å². The van der Waals surface area contributed by atoms with E-state index in [9.17, 15) is 19.2 Å². The van der Waals surface area contributed by atoms with E-state index < -0.39 is 35.4 Å². The number of carbonyl (C=O) groups is 4. The normalized spacial score (nSPS) is 13.4. The van der Waals surface area contributed by atoms with E-state index in [1.165, 1.54) is 0 Å². The van der Waals surface area contributed by atoms with Gasteiger partial charge in [0.25, 0.3) is 5.91 Å². The van der Waals surface area contributed by atoms with Gasteiger partial charge in [-0.05, 0) is 67.2 Å². The third kappa shape index (κ3) is 17.3. The topological polar surface area (TPSA) is 129 Å². The van der Waals surface area contributed by atoms with Gasteiger partial charge < -0.3 is 29.6 Å². The van der Waals surface area contributed by atoms with Gasteiger partial charge in [-0.15, -0.1) is 0 Å². The average Bonchev–Trinajstić information content (AvgIpc) is 2.73. The van der Waals surface area contributed by atoms with E-state index in [1.54, 1.807) is 41.5 Å². The molecule has 0 fully saturated rings. The van der Waals surface area contributed by atoms with E-state index in [1.807, 2.05) is 13.8 Å². The van der Waals surface area contributed by atoms with Gasteiger partial charge >= 0.3 is 12.1 Å². The summed E-state index contributed by atoms with van der Waals surface area (Å²) in [5.74, 6) is -1.08. The van der Waals surface area contributed by atoms with Crippen molar-refractivity contribution in [2.45, 2.75) is 117 Å². The number of nitrogens with one attached hydrogen (secondary N) is 2. The van der Waals surface area contributed by atoms with E-state index in [-0.39, 0.29) is 44.3 Å². The fourth-order valence-corrected chi connectivity index (χ4v) is 2.99. The van der Waals surface area contributed by atoms with Crippen molar-refractivity contribution in [2.24, 2.45) is 0 Å². The van der Waals surface area contributed by atoms with Gasteiger partial charge in [0.1, 0.15) is 11.2 Å². The van der Waals surface area contributed by atoms with Crippen molar-refractivity contribution in [1.29, 1.82) is 0 Å². The van der Waals surface area contributed by atoms with Crippen LogP contribution in [0.15, 0.2) is 0 Å². The summed E-state index contributed by atoms with van der Waals surface area (Å²) in [5.41, 5.74) is -1.17. The second-order valence-corrected chi connectivity index (χ2v) is 10.6. The second-order valence-electron chi connectivity index (χ2n) is 10.6. The van der Waals surface area contributed by atoms with Crippen molar-refractivity contribution >= 4 is 23.8 Å². The molecular formula is C26H48N2O8. The number of alkyl carbamates (subject to hydrolysis) is 1. The third-order valence-electron chi connectivity index (χ3n) is 4.40. The molecule has 2 amide bonds. The summed E-state index contributed by atoms with van der Waals surface area (Å²) in [4.78, 5) is 49.6. The zero-order chi connectivity index (χ0) is 27.8. The molecule has 0 bridgehead atoms. The first-order chi connectivity index (χ1) is 16.7. The maximum atomic E-state index is 13.0. The lowest BCUT2D eigenvalue weighted by molar-refractivity contribution is -0.156. The van der Waals surface area contributed by atoms with Crippen molar-refractivity contribution in [3.63, 3.8) is 0 Å². The lowest BCUT2D eigenvalue weighted by Gasteiger charge is -2.26. The number of rotatable bonds is 17. The van der Waals surface area contributed by atoms with Crippen molar-refractivity contribution in [3.05, 3.63) is 0 Å². The Kier molecular flexibility index (Phi) is 16.2. The van der Waals surface area contributed by atoms with E-state index in [0.29, 0.717) is 32.3 Å². The van der Waals surface area contributed by atoms with Gasteiger partial charge in [0.2, 0.25) is 0 Å². The van der Waals surface area contributed by atoms with Crippen molar-refractivity contribution in [3.8, 4) is 0 Å². The molecule has 0 aliphatic carbocycles. The number of esters is 1. The van der Waals surface area contributed by atoms with E-state index in [2.05, 4.69) is 10.6 Å². The maximum Gasteiger partial charge on any atom is 0.407 e. The molecule has 0 unspecified atom stereocenters. The summed E-state index contributed by atoms with van der Waals surface area (Å²) < 4.78 is 21.9. The lowest BCUT2D eigenvalue weighted by atomic mass is 10.0. The minimum Gasteiger partial charge on any atom is -0.460 e. The van der Waals surface area contributed by atoms with Gasteiger partial charge in [-0.25, -0.2) is 4.79 Å². The predicted octanol–water partition coefficient (Wildman–Crippen LogP) is 3.69. The molecule has 10 nitrogen and oxygen atoms in total. The van der Waals surface area contributed by atoms with Crippen LogP contribution in [-0.4, -0.2) is 73.5 Å². The van der Waals surface area contributed by atoms with Gasteiger partial charge in [-0.3, -0.25) is 14.4 Å². The molecule has 0 saturated carbocycles. The van der Waals surface area contributed by atoms with E-state index >= 15 is 0 Å². The molecule has 0 aromatic rings. The van der Waals surface area contributed by atoms with Gasteiger partial charge in [0.15, 0.2) is 18.0 Å². The van der Waals surface area contributed by atoms with E-state index in [4.69, 9.17) is 18.9 Å². The van der Waals surface area contributed by atoms with Gasteiger partial charge in [0, 0.05) is 39.1 Å². The number of hydrogen-bond donors (Lipinski definition) is 2. The number of amides is 2. The first-order valence-corrected chi connectivity index (χ1v) is 12.9. The Morgan fingerprint density at radius 1 is 0.694 bits per heavy atom. The summed E-state index contributed by atoms with van der Waals surface area (Å²) in [5, 5.41) is 5.37. The largest absolute Gasteiger partial charge is 0.460 e. The molecule has 36 heavy (non-hydrogen) atoms. The van der Waals surface area contributed by atoms with Crippen LogP contribution >= 0.6 is 0 Å². The molecule has 0 heterocycles. The van der Waals surface area contributed by atoms with Crippen LogP contribution in [0.3, 0.4) is 0 Å². The Hall–Kier alpha value is -2.20. The standard InChI is InChI=1S/C26H48N2O8/c1-9-17-33-21(19(29)13-11-16-28-24(32)36-26(6,7)8)22(34-18-10-2)23(31)27-15-12-14-20(30)35-25(3,4)5/h21-22H,9-18H2,1-8H3,(H,27,31)(H,28,32)/t21-,22+/m0/s1. The number of hydrogen-bond acceptors (Lipinski definition) is 8. The maximum absolute atomic E-state index is 13.0. The van der Waals surface area contributed by atoms with Gasteiger partial charge in [-0.2, -0.15) is 0 Å². The monoisotopic (exact) mass is 516 g/mol. The quantitative estimate of drug-likeness (QED) is 0.221. The Balaban J connectivity index is 4.96. The highest BCUT2D eigenvalue weighted by Crippen LogP contribution is 2.13. The Bertz CT molecular complexity index is 624. The summed E-state index contributed by atoms with van der Waals surface area (Å²) in [6, 6.07) is 0. The number of carbonyl (C=O) groups excluding carboxylic acids is 4. The first-order valence-electron chi connectivity index (χ1n) is 12.9. The van der Waals surface area contributed by atoms with Crippen LogP contribution < -0.4 is 10.6 Å². The molecule has 10 heteroatoms. The molecule has 0 aliphatic heterocycles. The van der Waals surface area contributed by atoms with Gasteiger partial charge in [0.05, 0.1) is 0 Å². The molecule has 0 rings (SSSR count). The SMILES string of the molecule is CCCO[C@@H](C(=O)CCCNC(=O)OC(C)(C)C)[C@@H](OCCC)C(=O)NCCCC(=O)OC(C)(C)C. The van der Waals surface area contributed by atoms with Crippen LogP contribution in [0.2, 0.25) is 0 Å². The Morgan fingerprint density at radius 3 is 1.72 bits per heavy atom. The molecule has 0 aromatic carbocycles. The molecule has 2 N–H and O–H groups in total. The molecule has 0 aromatic heterocycles. The molecule has 0 aliphatic rings. The number of ether oxygens (including phenoxy) is 4. The molecule has 0 spiro atoms. The first kappa shape index (κ1) is 33.8. The molecule has 2 atom stereocenters. The Morgan fingerprint density at radius 2 is 1.19 bits per heavy atom. The van der Waals surface area contributed by atoms with Crippen molar-refractivity contribution in [2.75, 3.05) is 26.3 Å². The predicted molar refractivity (Wildman–Crippen MR) is 137 cm³/mol. The highest BCUT2D eigenvalue weighted by atomic mass is 16.6. The Labute approximate surface area is 216 Å². The summed E-state index contributed by atoms with van der Waals surface area (Å²) in [7, 11) is 0. The van der Waals surface area contributed by atoms with Crippen LogP contribution in [-0.2, 0) is 33.3 Å². The third-order valence-corrected chi connectivity index (χ3v) is 4.40. The highest BCUT2D eigenvalue weighted by Gasteiger charge is 2.35. The fraction of sp³-hybridized carbons (Fsp3) is 0.846. The molecule has 0 radical (unpaired) electrons. The van der Waals surface area contributed by atoms with Crippen LogP contribution in [0.1, 0.15) is 93.9 Å². The summed E-state index contributed by atoms with van der Waals surface area (Å²) in [6.07, 6.45) is -0.372. The number of ketones is 1. The van der Waals surface area contributed by atoms with Gasteiger partial charge in [-0.1, -0.05) is 13.8 Å². The van der Waals surface area contributed by atoms with E-state index in [0.717, 1.165) is 0 Å². The smallest absolute Gasteiger partial charge is 0.407 e. The van der Waals surface area contributed by atoms with Crippen molar-refractivity contribution in [1.82, 2.24) is 10.6 Å². The van der Waals surface area contributed by atoms with Crippen LogP contribution in [0.5, 0.6) is 0 Å². The zero-order valence-electron chi connectivity index (χ0n) is 23.5. The minimum absolute atomic E-state index is 0.0993. The van der Waals surface area contributed by atoms with Crippen LogP contribution in [0.4, 0.5) is 4.79 Å². The highest BCUT2D eigenvalue weighted by molar-refractivity contribution is 5.92. The molecule has 210 valence electrons. The minimum atomic E-state index is -1.11. The lowest BCUT2D eigenvalue weighted by Crippen LogP contribution is -2.49. The summed E-state index contributed by atoms with van der Waals surface area (Å²) in [6.45, 7) is 15.6. The van der Waals surface area contributed by atoms with Crippen LogP contribution in [0.25, 0.3) is 0 Å².